The molecule has 1 aromatic carbocycles. The van der Waals surface area contributed by atoms with Crippen molar-refractivity contribution in [2.75, 3.05) is 26.8 Å². The van der Waals surface area contributed by atoms with Gasteiger partial charge in [0.2, 0.25) is 0 Å². The molecule has 1 aromatic rings. The molecule has 21 heavy (non-hydrogen) atoms. The van der Waals surface area contributed by atoms with E-state index in [9.17, 15) is 4.39 Å². The maximum Gasteiger partial charge on any atom is 0.128 e. The molecule has 2 atom stereocenters. The fourth-order valence-electron chi connectivity index (χ4n) is 2.90. The minimum atomic E-state index is -0.195. The van der Waals surface area contributed by atoms with Crippen molar-refractivity contribution in [2.45, 2.75) is 31.8 Å². The van der Waals surface area contributed by atoms with Gasteiger partial charge in [-0.25, -0.2) is 4.39 Å². The highest BCUT2D eigenvalue weighted by molar-refractivity contribution is 9.10. The molecule has 118 valence electrons. The SMILES string of the molecule is COCCN(C(CN)c1cc(Br)ccc1F)C(C)C1CC1. The van der Waals surface area contributed by atoms with Crippen molar-refractivity contribution in [3.8, 4) is 0 Å². The molecule has 0 bridgehead atoms. The number of nitrogens with two attached hydrogens (primary N) is 1. The fourth-order valence-corrected chi connectivity index (χ4v) is 3.28. The summed E-state index contributed by atoms with van der Waals surface area (Å²) in [7, 11) is 1.69. The van der Waals surface area contributed by atoms with Gasteiger partial charge in [-0.15, -0.1) is 0 Å². The van der Waals surface area contributed by atoms with Gasteiger partial charge < -0.3 is 10.5 Å². The van der Waals surface area contributed by atoms with Crippen LogP contribution in [0.15, 0.2) is 22.7 Å². The first kappa shape index (κ1) is 16.9. The largest absolute Gasteiger partial charge is 0.383 e. The van der Waals surface area contributed by atoms with Gasteiger partial charge in [0, 0.05) is 36.3 Å². The lowest BCUT2D eigenvalue weighted by Gasteiger charge is -2.36. The second-order valence-corrected chi connectivity index (χ2v) is 6.64. The topological polar surface area (TPSA) is 38.5 Å². The van der Waals surface area contributed by atoms with E-state index in [0.29, 0.717) is 30.7 Å². The van der Waals surface area contributed by atoms with E-state index in [4.69, 9.17) is 10.5 Å². The maximum atomic E-state index is 14.2. The van der Waals surface area contributed by atoms with Crippen LogP contribution in [0.2, 0.25) is 0 Å². The lowest BCUT2D eigenvalue weighted by atomic mass is 10.0. The second kappa shape index (κ2) is 7.68. The van der Waals surface area contributed by atoms with Crippen LogP contribution in [0.3, 0.4) is 0 Å². The molecule has 1 fully saturated rings. The summed E-state index contributed by atoms with van der Waals surface area (Å²) in [5.41, 5.74) is 6.65. The van der Waals surface area contributed by atoms with E-state index >= 15 is 0 Å². The summed E-state index contributed by atoms with van der Waals surface area (Å²) in [4.78, 5) is 2.30. The van der Waals surface area contributed by atoms with Crippen molar-refractivity contribution in [1.82, 2.24) is 4.90 Å². The van der Waals surface area contributed by atoms with Crippen molar-refractivity contribution in [3.63, 3.8) is 0 Å². The second-order valence-electron chi connectivity index (χ2n) is 5.73. The van der Waals surface area contributed by atoms with Crippen molar-refractivity contribution >= 4 is 15.9 Å². The smallest absolute Gasteiger partial charge is 0.128 e. The van der Waals surface area contributed by atoms with Crippen LogP contribution in [0.4, 0.5) is 4.39 Å². The number of halogens is 2. The van der Waals surface area contributed by atoms with Gasteiger partial charge in [0.25, 0.3) is 0 Å². The third kappa shape index (κ3) is 4.25. The van der Waals surface area contributed by atoms with Crippen LogP contribution < -0.4 is 5.73 Å². The maximum absolute atomic E-state index is 14.2. The highest BCUT2D eigenvalue weighted by Crippen LogP contribution is 2.38. The normalized spacial score (nSPS) is 18.0. The zero-order valence-electron chi connectivity index (χ0n) is 12.7. The number of hydrogen-bond donors (Lipinski definition) is 1. The Bertz CT molecular complexity index is 468. The molecular weight excluding hydrogens is 335 g/mol. The molecule has 5 heteroatoms. The van der Waals surface area contributed by atoms with Crippen LogP contribution in [0.1, 0.15) is 31.4 Å². The fraction of sp³-hybridized carbons (Fsp3) is 0.625. The quantitative estimate of drug-likeness (QED) is 0.774. The van der Waals surface area contributed by atoms with Crippen LogP contribution in [-0.4, -0.2) is 37.7 Å². The van der Waals surface area contributed by atoms with Crippen molar-refractivity contribution in [3.05, 3.63) is 34.1 Å². The Labute approximate surface area is 134 Å². The van der Waals surface area contributed by atoms with Gasteiger partial charge in [-0.2, -0.15) is 0 Å². The molecule has 2 rings (SSSR count). The Morgan fingerprint density at radius 2 is 2.19 bits per heavy atom. The van der Waals surface area contributed by atoms with Gasteiger partial charge >= 0.3 is 0 Å². The van der Waals surface area contributed by atoms with Crippen molar-refractivity contribution in [1.29, 1.82) is 0 Å². The van der Waals surface area contributed by atoms with Gasteiger partial charge in [0.15, 0.2) is 0 Å². The number of nitrogens with zero attached hydrogens (tertiary/aromatic N) is 1. The third-order valence-electron chi connectivity index (χ3n) is 4.32. The molecule has 0 saturated heterocycles. The lowest BCUT2D eigenvalue weighted by Crippen LogP contribution is -2.43. The van der Waals surface area contributed by atoms with Gasteiger partial charge in [-0.3, -0.25) is 4.90 Å². The molecule has 1 saturated carbocycles. The summed E-state index contributed by atoms with van der Waals surface area (Å²) in [5, 5.41) is 0. The van der Waals surface area contributed by atoms with Crippen LogP contribution in [-0.2, 0) is 4.74 Å². The Balaban J connectivity index is 2.26. The first-order valence-corrected chi connectivity index (χ1v) is 8.27. The summed E-state index contributed by atoms with van der Waals surface area (Å²) in [6.45, 7) is 4.01. The molecule has 0 heterocycles. The molecule has 1 aliphatic rings. The minimum Gasteiger partial charge on any atom is -0.383 e. The van der Waals surface area contributed by atoms with Gasteiger partial charge in [0.1, 0.15) is 5.82 Å². The van der Waals surface area contributed by atoms with E-state index in [2.05, 4.69) is 27.8 Å². The van der Waals surface area contributed by atoms with E-state index in [0.717, 1.165) is 11.0 Å². The van der Waals surface area contributed by atoms with E-state index in [-0.39, 0.29) is 11.9 Å². The summed E-state index contributed by atoms with van der Waals surface area (Å²) in [6, 6.07) is 5.33. The van der Waals surface area contributed by atoms with Gasteiger partial charge in [-0.05, 0) is 43.9 Å². The summed E-state index contributed by atoms with van der Waals surface area (Å²) in [6.07, 6.45) is 2.51. The molecule has 2 N–H and O–H groups in total. The van der Waals surface area contributed by atoms with Crippen LogP contribution in [0, 0.1) is 11.7 Å². The lowest BCUT2D eigenvalue weighted by molar-refractivity contribution is 0.0821. The molecule has 3 nitrogen and oxygen atoms in total. The number of methoxy groups -OCH3 is 1. The molecule has 0 aromatic heterocycles. The predicted molar refractivity (Wildman–Crippen MR) is 86.7 cm³/mol. The summed E-state index contributed by atoms with van der Waals surface area (Å²) in [5.74, 6) is 0.505. The number of ether oxygens (including phenoxy) is 1. The summed E-state index contributed by atoms with van der Waals surface area (Å²) < 4.78 is 20.3. The zero-order valence-corrected chi connectivity index (χ0v) is 14.3. The average molecular weight is 359 g/mol. The average Bonchev–Trinajstić information content (AvgIpc) is 3.30. The monoisotopic (exact) mass is 358 g/mol. The summed E-state index contributed by atoms with van der Waals surface area (Å²) >= 11 is 3.42. The molecule has 0 aliphatic heterocycles. The zero-order chi connectivity index (χ0) is 15.4. The van der Waals surface area contributed by atoms with Crippen LogP contribution in [0.25, 0.3) is 0 Å². The van der Waals surface area contributed by atoms with Crippen LogP contribution >= 0.6 is 15.9 Å². The van der Waals surface area contributed by atoms with Gasteiger partial charge in [0.05, 0.1) is 12.6 Å². The van der Waals surface area contributed by atoms with E-state index in [1.807, 2.05) is 6.07 Å². The standard InChI is InChI=1S/C16H24BrFN2O/c1-11(12-3-4-12)20(7-8-21-2)16(10-19)14-9-13(17)5-6-15(14)18/h5-6,9,11-12,16H,3-4,7-8,10,19H2,1-2H3. The van der Waals surface area contributed by atoms with Crippen molar-refractivity contribution in [2.24, 2.45) is 11.7 Å². The van der Waals surface area contributed by atoms with E-state index in [1.54, 1.807) is 13.2 Å². The van der Waals surface area contributed by atoms with Crippen LogP contribution in [0.5, 0.6) is 0 Å². The Hall–Kier alpha value is -0.490. The number of rotatable bonds is 8. The highest BCUT2D eigenvalue weighted by atomic mass is 79.9. The van der Waals surface area contributed by atoms with E-state index < -0.39 is 0 Å². The first-order chi connectivity index (χ1) is 10.1. The minimum absolute atomic E-state index is 0.117. The Morgan fingerprint density at radius 3 is 2.76 bits per heavy atom. The molecule has 0 radical (unpaired) electrons. The number of benzene rings is 1. The van der Waals surface area contributed by atoms with Gasteiger partial charge in [-0.1, -0.05) is 15.9 Å². The third-order valence-corrected chi connectivity index (χ3v) is 4.81. The highest BCUT2D eigenvalue weighted by Gasteiger charge is 2.35. The predicted octanol–water partition coefficient (Wildman–Crippen LogP) is 3.33. The van der Waals surface area contributed by atoms with Crippen molar-refractivity contribution < 1.29 is 9.13 Å². The first-order valence-electron chi connectivity index (χ1n) is 7.48. The molecule has 0 amide bonds. The molecule has 2 unspecified atom stereocenters. The number of hydrogen-bond acceptors (Lipinski definition) is 3. The molecule has 1 aliphatic carbocycles. The molecule has 0 spiro atoms. The van der Waals surface area contributed by atoms with E-state index in [1.165, 1.54) is 18.9 Å². The Kier molecular flexibility index (Phi) is 6.17. The Morgan fingerprint density at radius 1 is 1.48 bits per heavy atom. The molecular formula is C16H24BrFN2O.